The fraction of sp³-hybridized carbons (Fsp3) is 0.346. The number of aryl methyl sites for hydroxylation is 1. The molecule has 2 aromatic heterocycles. The summed E-state index contributed by atoms with van der Waals surface area (Å²) in [6.45, 7) is 6.19. The molecule has 0 bridgehead atoms. The molecule has 176 valence electrons. The third-order valence-corrected chi connectivity index (χ3v) is 7.38. The Kier molecular flexibility index (Phi) is 6.52. The van der Waals surface area contributed by atoms with Gasteiger partial charge in [0.25, 0.3) is 0 Å². The van der Waals surface area contributed by atoms with Crippen molar-refractivity contribution in [2.24, 2.45) is 0 Å². The van der Waals surface area contributed by atoms with Crippen molar-refractivity contribution in [3.63, 3.8) is 0 Å². The summed E-state index contributed by atoms with van der Waals surface area (Å²) >= 11 is 1.51. The predicted molar refractivity (Wildman–Crippen MR) is 132 cm³/mol. The normalized spacial score (nSPS) is 15.6. The van der Waals surface area contributed by atoms with Gasteiger partial charge < -0.3 is 4.42 Å². The molecular formula is C26H27FN4O2S. The molecule has 2 aromatic carbocycles. The highest BCUT2D eigenvalue weighted by molar-refractivity contribution is 7.98. The number of benzene rings is 2. The maximum atomic E-state index is 13.7. The molecule has 34 heavy (non-hydrogen) atoms. The van der Waals surface area contributed by atoms with Gasteiger partial charge in [0.15, 0.2) is 11.0 Å². The van der Waals surface area contributed by atoms with Gasteiger partial charge in [-0.3, -0.25) is 9.47 Å². The molecule has 0 N–H and O–H groups in total. The van der Waals surface area contributed by atoms with E-state index in [0.29, 0.717) is 16.5 Å². The van der Waals surface area contributed by atoms with Gasteiger partial charge in [0.2, 0.25) is 0 Å². The Hall–Kier alpha value is -2.97. The third-order valence-electron chi connectivity index (χ3n) is 6.40. The van der Waals surface area contributed by atoms with Crippen molar-refractivity contribution in [3.8, 4) is 5.69 Å². The van der Waals surface area contributed by atoms with E-state index in [4.69, 9.17) is 4.42 Å². The van der Waals surface area contributed by atoms with Crippen LogP contribution in [0.2, 0.25) is 0 Å². The first-order valence-corrected chi connectivity index (χ1v) is 12.6. The van der Waals surface area contributed by atoms with Crippen LogP contribution >= 0.6 is 11.8 Å². The summed E-state index contributed by atoms with van der Waals surface area (Å²) in [6, 6.07) is 13.9. The molecule has 0 spiro atoms. The predicted octanol–water partition coefficient (Wildman–Crippen LogP) is 5.66. The number of likely N-dealkylation sites (tertiary alicyclic amines) is 1. The fourth-order valence-corrected chi connectivity index (χ4v) is 5.50. The second kappa shape index (κ2) is 9.72. The van der Waals surface area contributed by atoms with Crippen molar-refractivity contribution in [2.45, 2.75) is 50.1 Å². The third kappa shape index (κ3) is 4.65. The van der Waals surface area contributed by atoms with E-state index in [9.17, 15) is 9.18 Å². The topological polar surface area (TPSA) is 64.2 Å². The lowest BCUT2D eigenvalue weighted by Gasteiger charge is -2.31. The summed E-state index contributed by atoms with van der Waals surface area (Å²) in [4.78, 5) is 14.6. The van der Waals surface area contributed by atoms with Crippen LogP contribution in [0.25, 0.3) is 16.7 Å². The van der Waals surface area contributed by atoms with E-state index in [1.165, 1.54) is 43.2 Å². The minimum absolute atomic E-state index is 0.0831. The molecule has 1 atom stereocenters. The van der Waals surface area contributed by atoms with Gasteiger partial charge in [0.1, 0.15) is 11.4 Å². The molecule has 5 rings (SSSR count). The molecule has 0 amide bonds. The van der Waals surface area contributed by atoms with E-state index < -0.39 is 0 Å². The number of halogens is 1. The monoisotopic (exact) mass is 478 g/mol. The average Bonchev–Trinajstić information content (AvgIpc) is 3.26. The lowest BCUT2D eigenvalue weighted by molar-refractivity contribution is 0.167. The lowest BCUT2D eigenvalue weighted by Crippen LogP contribution is -2.33. The largest absolute Gasteiger partial charge is 0.423 e. The van der Waals surface area contributed by atoms with Crippen molar-refractivity contribution < 1.29 is 8.81 Å². The highest BCUT2D eigenvalue weighted by Crippen LogP contribution is 2.32. The Morgan fingerprint density at radius 3 is 2.59 bits per heavy atom. The smallest absolute Gasteiger partial charge is 0.336 e. The highest BCUT2D eigenvalue weighted by Gasteiger charge is 2.25. The first-order valence-electron chi connectivity index (χ1n) is 11.6. The Balaban J connectivity index is 1.50. The number of hydrogen-bond acceptors (Lipinski definition) is 6. The second-order valence-electron chi connectivity index (χ2n) is 8.80. The Morgan fingerprint density at radius 1 is 1.06 bits per heavy atom. The van der Waals surface area contributed by atoms with Crippen LogP contribution in [0.1, 0.15) is 49.2 Å². The minimum Gasteiger partial charge on any atom is -0.423 e. The summed E-state index contributed by atoms with van der Waals surface area (Å²) in [5.74, 6) is 1.08. The van der Waals surface area contributed by atoms with Gasteiger partial charge in [-0.1, -0.05) is 30.3 Å². The average molecular weight is 479 g/mol. The van der Waals surface area contributed by atoms with E-state index in [-0.39, 0.29) is 17.5 Å². The minimum atomic E-state index is -0.367. The van der Waals surface area contributed by atoms with Crippen molar-refractivity contribution in [1.82, 2.24) is 19.7 Å². The van der Waals surface area contributed by atoms with Crippen LogP contribution in [0.15, 0.2) is 62.9 Å². The summed E-state index contributed by atoms with van der Waals surface area (Å²) in [7, 11) is 0. The number of hydrogen-bond donors (Lipinski definition) is 0. The van der Waals surface area contributed by atoms with Crippen molar-refractivity contribution in [1.29, 1.82) is 0 Å². The first-order chi connectivity index (χ1) is 16.5. The van der Waals surface area contributed by atoms with Gasteiger partial charge >= 0.3 is 5.63 Å². The van der Waals surface area contributed by atoms with Gasteiger partial charge in [0, 0.05) is 22.9 Å². The Morgan fingerprint density at radius 2 is 1.82 bits per heavy atom. The summed E-state index contributed by atoms with van der Waals surface area (Å²) in [5.41, 5.74) is 2.96. The summed E-state index contributed by atoms with van der Waals surface area (Å²) < 4.78 is 21.1. The Bertz CT molecular complexity index is 1360. The molecule has 6 nitrogen and oxygen atoms in total. The van der Waals surface area contributed by atoms with E-state index in [2.05, 4.69) is 22.0 Å². The SMILES string of the molecule is Cc1ccc2c(CSc3nnc(C(C)N4CCCCC4)n3-c3ccc(F)cc3)cc(=O)oc2c1. The van der Waals surface area contributed by atoms with Crippen LogP contribution < -0.4 is 5.63 Å². The Labute approximate surface area is 201 Å². The maximum Gasteiger partial charge on any atom is 0.336 e. The van der Waals surface area contributed by atoms with Gasteiger partial charge in [-0.2, -0.15) is 0 Å². The number of fused-ring (bicyclic) bond motifs is 1. The molecule has 1 fully saturated rings. The fourth-order valence-electron chi connectivity index (χ4n) is 4.55. The molecule has 1 aliphatic heterocycles. The van der Waals surface area contributed by atoms with Crippen LogP contribution in [-0.4, -0.2) is 32.8 Å². The van der Waals surface area contributed by atoms with Crippen LogP contribution in [0.3, 0.4) is 0 Å². The van der Waals surface area contributed by atoms with Crippen molar-refractivity contribution in [2.75, 3.05) is 13.1 Å². The lowest BCUT2D eigenvalue weighted by atomic mass is 10.1. The van der Waals surface area contributed by atoms with Gasteiger partial charge in [-0.05, 0) is 81.2 Å². The molecule has 1 aliphatic rings. The molecule has 1 unspecified atom stereocenters. The van der Waals surface area contributed by atoms with Crippen LogP contribution in [0, 0.1) is 12.7 Å². The standard InChI is InChI=1S/C26H27FN4O2S/c1-17-6-11-22-19(15-24(32)33-23(22)14-17)16-34-26-29-28-25(18(2)30-12-4-3-5-13-30)31(26)21-9-7-20(27)8-10-21/h6-11,14-15,18H,3-5,12-13,16H2,1-2H3. The van der Waals surface area contributed by atoms with Crippen LogP contribution in [0.4, 0.5) is 4.39 Å². The van der Waals surface area contributed by atoms with Crippen molar-refractivity contribution >= 4 is 22.7 Å². The molecule has 0 radical (unpaired) electrons. The van der Waals surface area contributed by atoms with Gasteiger partial charge in [-0.15, -0.1) is 10.2 Å². The first kappa shape index (κ1) is 22.8. The van der Waals surface area contributed by atoms with E-state index in [1.54, 1.807) is 18.2 Å². The number of nitrogens with zero attached hydrogens (tertiary/aromatic N) is 4. The number of aromatic nitrogens is 3. The zero-order chi connectivity index (χ0) is 23.7. The number of rotatable bonds is 6. The second-order valence-corrected chi connectivity index (χ2v) is 9.75. The molecule has 1 saturated heterocycles. The van der Waals surface area contributed by atoms with Crippen molar-refractivity contribution in [3.05, 3.63) is 81.7 Å². The van der Waals surface area contributed by atoms with E-state index in [1.807, 2.05) is 29.7 Å². The molecule has 0 saturated carbocycles. The molecule has 4 aromatic rings. The molecule has 8 heteroatoms. The summed E-state index contributed by atoms with van der Waals surface area (Å²) in [5, 5.41) is 10.7. The summed E-state index contributed by atoms with van der Waals surface area (Å²) in [6.07, 6.45) is 3.62. The van der Waals surface area contributed by atoms with Gasteiger partial charge in [0.05, 0.1) is 6.04 Å². The van der Waals surface area contributed by atoms with E-state index >= 15 is 0 Å². The van der Waals surface area contributed by atoms with Crippen LogP contribution in [0.5, 0.6) is 0 Å². The van der Waals surface area contributed by atoms with Crippen LogP contribution in [-0.2, 0) is 5.75 Å². The molecular weight excluding hydrogens is 451 g/mol. The number of thioether (sulfide) groups is 1. The van der Waals surface area contributed by atoms with E-state index in [0.717, 1.165) is 41.1 Å². The van der Waals surface area contributed by atoms with Gasteiger partial charge in [-0.25, -0.2) is 9.18 Å². The zero-order valence-electron chi connectivity index (χ0n) is 19.3. The number of piperidine rings is 1. The quantitative estimate of drug-likeness (QED) is 0.263. The highest BCUT2D eigenvalue weighted by atomic mass is 32.2. The molecule has 3 heterocycles. The molecule has 0 aliphatic carbocycles. The zero-order valence-corrected chi connectivity index (χ0v) is 20.1. The maximum absolute atomic E-state index is 13.7.